The number of nitrogens with two attached hydrogens (primary N) is 1. The zero-order chi connectivity index (χ0) is 12.2. The summed E-state index contributed by atoms with van der Waals surface area (Å²) in [5.74, 6) is 4.68. The summed E-state index contributed by atoms with van der Waals surface area (Å²) in [6, 6.07) is 7.40. The van der Waals surface area contributed by atoms with Crippen LogP contribution in [0.5, 0.6) is 0 Å². The van der Waals surface area contributed by atoms with Gasteiger partial charge < -0.3 is 9.57 Å². The summed E-state index contributed by atoms with van der Waals surface area (Å²) in [6.07, 6.45) is 0. The Bertz CT molecular complexity index is 383. The molecule has 0 amide bonds. The predicted molar refractivity (Wildman–Crippen MR) is 63.6 cm³/mol. The number of carbonyl (C=O) groups is 1. The van der Waals surface area contributed by atoms with Crippen LogP contribution in [0, 0.1) is 0 Å². The third-order valence-electron chi connectivity index (χ3n) is 2.47. The van der Waals surface area contributed by atoms with E-state index in [0.29, 0.717) is 0 Å². The molecule has 1 aromatic carbocycles. The SMILES string of the molecule is COC(=O)C(C)(CON)c1cccc(Br)c1. The van der Waals surface area contributed by atoms with Gasteiger partial charge in [0.2, 0.25) is 0 Å². The molecule has 0 heterocycles. The first-order valence-electron chi connectivity index (χ1n) is 4.70. The van der Waals surface area contributed by atoms with Gasteiger partial charge in [-0.3, -0.25) is 4.79 Å². The van der Waals surface area contributed by atoms with Gasteiger partial charge in [-0.1, -0.05) is 28.1 Å². The van der Waals surface area contributed by atoms with Crippen LogP contribution in [0.4, 0.5) is 0 Å². The fraction of sp³-hybridized carbons (Fsp3) is 0.364. The first kappa shape index (κ1) is 13.2. The van der Waals surface area contributed by atoms with E-state index in [1.54, 1.807) is 6.92 Å². The number of esters is 1. The molecule has 4 nitrogen and oxygen atoms in total. The summed E-state index contributed by atoms with van der Waals surface area (Å²) in [7, 11) is 1.34. The summed E-state index contributed by atoms with van der Waals surface area (Å²) in [5.41, 5.74) is -0.105. The third-order valence-corrected chi connectivity index (χ3v) is 2.96. The number of hydrogen-bond acceptors (Lipinski definition) is 4. The van der Waals surface area contributed by atoms with Gasteiger partial charge in [0.15, 0.2) is 0 Å². The topological polar surface area (TPSA) is 61.5 Å². The van der Waals surface area contributed by atoms with Crippen LogP contribution in [0.15, 0.2) is 28.7 Å². The van der Waals surface area contributed by atoms with Crippen LogP contribution >= 0.6 is 15.9 Å². The largest absolute Gasteiger partial charge is 0.468 e. The van der Waals surface area contributed by atoms with Crippen molar-refractivity contribution in [1.82, 2.24) is 0 Å². The second-order valence-corrected chi connectivity index (χ2v) is 4.56. The standard InChI is InChI=1S/C11H14BrNO3/c1-11(7-16-13,10(14)15-2)8-4-3-5-9(12)6-8/h3-6H,7,13H2,1-2H3. The average molecular weight is 288 g/mol. The van der Waals surface area contributed by atoms with Crippen molar-refractivity contribution in [3.8, 4) is 0 Å². The second-order valence-electron chi connectivity index (χ2n) is 3.65. The van der Waals surface area contributed by atoms with Crippen LogP contribution in [0.2, 0.25) is 0 Å². The lowest BCUT2D eigenvalue weighted by atomic mass is 9.83. The lowest BCUT2D eigenvalue weighted by molar-refractivity contribution is -0.149. The number of rotatable bonds is 4. The van der Waals surface area contributed by atoms with Crippen molar-refractivity contribution in [1.29, 1.82) is 0 Å². The average Bonchev–Trinajstić information content (AvgIpc) is 2.28. The maximum Gasteiger partial charge on any atom is 0.318 e. The molecule has 1 rings (SSSR count). The molecule has 0 aliphatic carbocycles. The summed E-state index contributed by atoms with van der Waals surface area (Å²) in [5, 5.41) is 0. The molecular formula is C11H14BrNO3. The first-order valence-corrected chi connectivity index (χ1v) is 5.50. The van der Waals surface area contributed by atoms with Crippen molar-refractivity contribution in [3.05, 3.63) is 34.3 Å². The highest BCUT2D eigenvalue weighted by Gasteiger charge is 2.37. The Morgan fingerprint density at radius 1 is 1.56 bits per heavy atom. The van der Waals surface area contributed by atoms with Crippen molar-refractivity contribution in [2.45, 2.75) is 12.3 Å². The molecule has 0 saturated carbocycles. The molecule has 1 atom stereocenters. The summed E-state index contributed by atoms with van der Waals surface area (Å²) in [6.45, 7) is 1.80. The number of hydrogen-bond donors (Lipinski definition) is 1. The Balaban J connectivity index is 3.15. The molecule has 0 bridgehead atoms. The van der Waals surface area contributed by atoms with E-state index < -0.39 is 5.41 Å². The van der Waals surface area contributed by atoms with Gasteiger partial charge in [0.25, 0.3) is 0 Å². The second kappa shape index (κ2) is 5.43. The molecule has 88 valence electrons. The van der Waals surface area contributed by atoms with Gasteiger partial charge in [0.1, 0.15) is 5.41 Å². The number of ether oxygens (including phenoxy) is 1. The zero-order valence-electron chi connectivity index (χ0n) is 9.20. The quantitative estimate of drug-likeness (QED) is 0.677. The van der Waals surface area contributed by atoms with Crippen LogP contribution in [-0.4, -0.2) is 19.7 Å². The Labute approximate surface area is 103 Å². The maximum atomic E-state index is 11.8. The van der Waals surface area contributed by atoms with Gasteiger partial charge in [-0.05, 0) is 24.6 Å². The van der Waals surface area contributed by atoms with Crippen LogP contribution in [0.25, 0.3) is 0 Å². The van der Waals surface area contributed by atoms with Gasteiger partial charge in [0.05, 0.1) is 13.7 Å². The van der Waals surface area contributed by atoms with Crippen molar-refractivity contribution in [3.63, 3.8) is 0 Å². The highest BCUT2D eigenvalue weighted by molar-refractivity contribution is 9.10. The van der Waals surface area contributed by atoms with Crippen molar-refractivity contribution >= 4 is 21.9 Å². The minimum atomic E-state index is -0.896. The van der Waals surface area contributed by atoms with E-state index in [0.717, 1.165) is 10.0 Å². The number of halogens is 1. The van der Waals surface area contributed by atoms with Crippen molar-refractivity contribution in [2.24, 2.45) is 5.90 Å². The Morgan fingerprint density at radius 2 is 2.25 bits per heavy atom. The first-order chi connectivity index (χ1) is 7.54. The molecule has 1 unspecified atom stereocenters. The van der Waals surface area contributed by atoms with Gasteiger partial charge in [0, 0.05) is 4.47 Å². The van der Waals surface area contributed by atoms with E-state index >= 15 is 0 Å². The fourth-order valence-corrected chi connectivity index (χ4v) is 1.88. The van der Waals surface area contributed by atoms with E-state index in [1.165, 1.54) is 7.11 Å². The molecule has 2 N–H and O–H groups in total. The molecule has 0 aromatic heterocycles. The zero-order valence-corrected chi connectivity index (χ0v) is 10.8. The van der Waals surface area contributed by atoms with Gasteiger partial charge >= 0.3 is 5.97 Å². The van der Waals surface area contributed by atoms with Gasteiger partial charge in [-0.15, -0.1) is 0 Å². The minimum Gasteiger partial charge on any atom is -0.468 e. The fourth-order valence-electron chi connectivity index (χ4n) is 1.48. The van der Waals surface area contributed by atoms with E-state index in [9.17, 15) is 4.79 Å². The molecule has 0 aliphatic rings. The molecule has 0 saturated heterocycles. The normalized spacial score (nSPS) is 14.2. The number of benzene rings is 1. The summed E-state index contributed by atoms with van der Waals surface area (Å²) in [4.78, 5) is 16.4. The van der Waals surface area contributed by atoms with E-state index in [4.69, 9.17) is 10.6 Å². The molecule has 0 radical (unpaired) electrons. The van der Waals surface area contributed by atoms with E-state index in [2.05, 4.69) is 20.8 Å². The smallest absolute Gasteiger partial charge is 0.318 e. The maximum absolute atomic E-state index is 11.8. The van der Waals surface area contributed by atoms with Crippen LogP contribution < -0.4 is 5.90 Å². The molecular weight excluding hydrogens is 274 g/mol. The molecule has 1 aromatic rings. The predicted octanol–water partition coefficient (Wildman–Crippen LogP) is 1.77. The van der Waals surface area contributed by atoms with Crippen molar-refractivity contribution < 1.29 is 14.4 Å². The van der Waals surface area contributed by atoms with E-state index in [1.807, 2.05) is 24.3 Å². The lowest BCUT2D eigenvalue weighted by Crippen LogP contribution is -2.39. The van der Waals surface area contributed by atoms with E-state index in [-0.39, 0.29) is 12.6 Å². The highest BCUT2D eigenvalue weighted by atomic mass is 79.9. The molecule has 5 heteroatoms. The molecule has 0 spiro atoms. The number of methoxy groups -OCH3 is 1. The lowest BCUT2D eigenvalue weighted by Gasteiger charge is -2.25. The van der Waals surface area contributed by atoms with Crippen LogP contribution in [0.1, 0.15) is 12.5 Å². The van der Waals surface area contributed by atoms with Crippen LogP contribution in [0.3, 0.4) is 0 Å². The Morgan fingerprint density at radius 3 is 2.75 bits per heavy atom. The molecule has 0 aliphatic heterocycles. The number of carbonyl (C=O) groups excluding carboxylic acids is 1. The summed E-state index contributed by atoms with van der Waals surface area (Å²) < 4.78 is 5.66. The van der Waals surface area contributed by atoms with Gasteiger partial charge in [-0.25, -0.2) is 5.90 Å². The van der Waals surface area contributed by atoms with Gasteiger partial charge in [-0.2, -0.15) is 0 Å². The third kappa shape index (κ3) is 2.61. The highest BCUT2D eigenvalue weighted by Crippen LogP contribution is 2.27. The Hall–Kier alpha value is -0.910. The minimum absolute atomic E-state index is 0.0656. The molecule has 16 heavy (non-hydrogen) atoms. The molecule has 0 fully saturated rings. The Kier molecular flexibility index (Phi) is 4.46. The van der Waals surface area contributed by atoms with Crippen LogP contribution in [-0.2, 0) is 19.8 Å². The summed E-state index contributed by atoms with van der Waals surface area (Å²) >= 11 is 3.35. The van der Waals surface area contributed by atoms with Crippen molar-refractivity contribution in [2.75, 3.05) is 13.7 Å². The monoisotopic (exact) mass is 287 g/mol.